The zero-order chi connectivity index (χ0) is 35.2. The van der Waals surface area contributed by atoms with E-state index in [0.29, 0.717) is 6.42 Å². The van der Waals surface area contributed by atoms with Gasteiger partial charge in [0.15, 0.2) is 6.29 Å². The molecule has 1 amide bonds. The molecule has 1 saturated heterocycles. The van der Waals surface area contributed by atoms with Gasteiger partial charge in [0.1, 0.15) is 24.4 Å². The van der Waals surface area contributed by atoms with E-state index in [1.54, 1.807) is 6.08 Å². The molecule has 7 unspecified atom stereocenters. The zero-order valence-electron chi connectivity index (χ0n) is 30.2. The van der Waals surface area contributed by atoms with Crippen LogP contribution in [-0.2, 0) is 14.3 Å². The SMILES string of the molecule is CCC/C=C\CCCCCCCC(=O)NC(COC1OC(CO)C(O)C(O)C1O)C(O)/C=C/CC/C=C/CCCCCCCCCCC. The van der Waals surface area contributed by atoms with Crippen molar-refractivity contribution in [1.29, 1.82) is 0 Å². The van der Waals surface area contributed by atoms with Crippen molar-refractivity contribution in [2.75, 3.05) is 13.2 Å². The van der Waals surface area contributed by atoms with E-state index in [1.807, 2.05) is 6.08 Å². The van der Waals surface area contributed by atoms with Crippen molar-refractivity contribution in [1.82, 2.24) is 5.32 Å². The van der Waals surface area contributed by atoms with Crippen molar-refractivity contribution in [2.45, 2.75) is 192 Å². The Morgan fingerprint density at radius 3 is 1.83 bits per heavy atom. The highest BCUT2D eigenvalue weighted by Gasteiger charge is 2.44. The Hall–Kier alpha value is -1.59. The van der Waals surface area contributed by atoms with Crippen molar-refractivity contribution >= 4 is 5.91 Å². The summed E-state index contributed by atoms with van der Waals surface area (Å²) in [5.74, 6) is -0.202. The molecular formula is C39H71NO8. The lowest BCUT2D eigenvalue weighted by atomic mass is 9.99. The highest BCUT2D eigenvalue weighted by atomic mass is 16.7. The molecule has 6 N–H and O–H groups in total. The fraction of sp³-hybridized carbons (Fsp3) is 0.821. The predicted octanol–water partition coefficient (Wildman–Crippen LogP) is 6.55. The van der Waals surface area contributed by atoms with Crippen LogP contribution in [0.4, 0.5) is 0 Å². The van der Waals surface area contributed by atoms with Gasteiger partial charge in [0, 0.05) is 6.42 Å². The molecule has 0 bridgehead atoms. The Labute approximate surface area is 291 Å². The molecule has 0 spiro atoms. The first-order chi connectivity index (χ1) is 23.3. The number of carbonyl (C=O) groups is 1. The minimum absolute atomic E-state index is 0.202. The summed E-state index contributed by atoms with van der Waals surface area (Å²) in [7, 11) is 0. The molecule has 9 nitrogen and oxygen atoms in total. The quantitative estimate of drug-likeness (QED) is 0.0370. The molecule has 0 radical (unpaired) electrons. The first kappa shape index (κ1) is 44.4. The predicted molar refractivity (Wildman–Crippen MR) is 193 cm³/mol. The van der Waals surface area contributed by atoms with Crippen LogP contribution in [0.15, 0.2) is 36.5 Å². The molecule has 9 heteroatoms. The number of unbranched alkanes of at least 4 members (excludes halogenated alkanes) is 16. The summed E-state index contributed by atoms with van der Waals surface area (Å²) >= 11 is 0. The molecule has 0 aromatic rings. The summed E-state index contributed by atoms with van der Waals surface area (Å²) in [5.41, 5.74) is 0. The van der Waals surface area contributed by atoms with E-state index in [9.17, 15) is 30.3 Å². The molecule has 1 fully saturated rings. The monoisotopic (exact) mass is 682 g/mol. The van der Waals surface area contributed by atoms with Crippen LogP contribution < -0.4 is 5.32 Å². The first-order valence-electron chi connectivity index (χ1n) is 19.2. The summed E-state index contributed by atoms with van der Waals surface area (Å²) in [6.45, 7) is 3.65. The van der Waals surface area contributed by atoms with Crippen molar-refractivity contribution in [2.24, 2.45) is 0 Å². The smallest absolute Gasteiger partial charge is 0.220 e. The third-order valence-corrected chi connectivity index (χ3v) is 8.92. The van der Waals surface area contributed by atoms with Gasteiger partial charge >= 0.3 is 0 Å². The van der Waals surface area contributed by atoms with E-state index in [0.717, 1.165) is 64.2 Å². The fourth-order valence-corrected chi connectivity index (χ4v) is 5.76. The highest BCUT2D eigenvalue weighted by Crippen LogP contribution is 2.22. The topological polar surface area (TPSA) is 149 Å². The molecule has 1 aliphatic heterocycles. The average Bonchev–Trinajstić information content (AvgIpc) is 3.08. The van der Waals surface area contributed by atoms with Gasteiger partial charge in [0.25, 0.3) is 0 Å². The lowest BCUT2D eigenvalue weighted by Crippen LogP contribution is -2.60. The largest absolute Gasteiger partial charge is 0.394 e. The van der Waals surface area contributed by atoms with Crippen molar-refractivity contribution in [3.8, 4) is 0 Å². The number of amides is 1. The van der Waals surface area contributed by atoms with Gasteiger partial charge in [0.2, 0.25) is 5.91 Å². The number of hydrogen-bond acceptors (Lipinski definition) is 8. The molecular weight excluding hydrogens is 610 g/mol. The van der Waals surface area contributed by atoms with E-state index in [1.165, 1.54) is 64.2 Å². The Balaban J connectivity index is 2.49. The second kappa shape index (κ2) is 30.3. The van der Waals surface area contributed by atoms with Gasteiger partial charge in [-0.1, -0.05) is 127 Å². The number of carbonyl (C=O) groups excluding carboxylic acids is 1. The maximum atomic E-state index is 12.8. The van der Waals surface area contributed by atoms with Crippen LogP contribution in [-0.4, -0.2) is 87.5 Å². The number of nitrogens with one attached hydrogen (secondary N) is 1. The summed E-state index contributed by atoms with van der Waals surface area (Å²) in [5, 5.41) is 53.8. The molecule has 0 aromatic carbocycles. The summed E-state index contributed by atoms with van der Waals surface area (Å²) in [4.78, 5) is 12.8. The van der Waals surface area contributed by atoms with Gasteiger partial charge in [-0.3, -0.25) is 4.79 Å². The third-order valence-electron chi connectivity index (χ3n) is 8.92. The van der Waals surface area contributed by atoms with Crippen LogP contribution in [0.3, 0.4) is 0 Å². The van der Waals surface area contributed by atoms with E-state index in [4.69, 9.17) is 9.47 Å². The maximum Gasteiger partial charge on any atom is 0.220 e. The molecule has 1 heterocycles. The Morgan fingerprint density at radius 1 is 0.688 bits per heavy atom. The standard InChI is InChI=1S/C39H71NO8/c1-3-5-7-9-11-13-15-16-17-18-19-20-22-24-26-28-33(42)32(31-47-39-38(46)37(45)36(44)34(30-41)48-39)40-35(43)29-27-25-23-21-14-12-10-8-6-4-2/h8,10,19-20,26,28,32-34,36-39,41-42,44-46H,3-7,9,11-18,21-25,27,29-31H2,1-2H3,(H,40,43)/b10-8-,20-19+,28-26+. The van der Waals surface area contributed by atoms with Gasteiger partial charge < -0.3 is 40.3 Å². The number of hydrogen-bond donors (Lipinski definition) is 6. The van der Waals surface area contributed by atoms with E-state index in [-0.39, 0.29) is 12.5 Å². The Morgan fingerprint density at radius 2 is 1.23 bits per heavy atom. The van der Waals surface area contributed by atoms with E-state index >= 15 is 0 Å². The summed E-state index contributed by atoms with van der Waals surface area (Å²) in [6, 6.07) is -0.821. The number of aliphatic hydroxyl groups excluding tert-OH is 5. The first-order valence-corrected chi connectivity index (χ1v) is 19.2. The van der Waals surface area contributed by atoms with Crippen LogP contribution >= 0.6 is 0 Å². The Bertz CT molecular complexity index is 848. The van der Waals surface area contributed by atoms with Gasteiger partial charge in [-0.2, -0.15) is 0 Å². The summed E-state index contributed by atoms with van der Waals surface area (Å²) in [6.07, 6.45) is 27.6. The van der Waals surface area contributed by atoms with Crippen LogP contribution in [0.5, 0.6) is 0 Å². The molecule has 7 atom stereocenters. The third kappa shape index (κ3) is 21.5. The van der Waals surface area contributed by atoms with Crippen LogP contribution in [0.25, 0.3) is 0 Å². The Kier molecular flexibility index (Phi) is 28.0. The van der Waals surface area contributed by atoms with Crippen LogP contribution in [0, 0.1) is 0 Å². The lowest BCUT2D eigenvalue weighted by molar-refractivity contribution is -0.302. The molecule has 48 heavy (non-hydrogen) atoms. The second-order valence-electron chi connectivity index (χ2n) is 13.4. The molecule has 1 aliphatic rings. The molecule has 0 saturated carbocycles. The molecule has 280 valence electrons. The second-order valence-corrected chi connectivity index (χ2v) is 13.4. The number of ether oxygens (including phenoxy) is 2. The van der Waals surface area contributed by atoms with E-state index in [2.05, 4.69) is 43.5 Å². The number of rotatable bonds is 30. The van der Waals surface area contributed by atoms with Gasteiger partial charge in [-0.05, 0) is 51.4 Å². The zero-order valence-corrected chi connectivity index (χ0v) is 30.2. The number of allylic oxidation sites excluding steroid dienone is 5. The van der Waals surface area contributed by atoms with Crippen molar-refractivity contribution in [3.05, 3.63) is 36.5 Å². The fourth-order valence-electron chi connectivity index (χ4n) is 5.76. The summed E-state index contributed by atoms with van der Waals surface area (Å²) < 4.78 is 11.1. The maximum absolute atomic E-state index is 12.8. The van der Waals surface area contributed by atoms with Crippen molar-refractivity contribution < 1.29 is 39.8 Å². The number of aliphatic hydroxyl groups is 5. The van der Waals surface area contributed by atoms with Crippen LogP contribution in [0.2, 0.25) is 0 Å². The average molecular weight is 682 g/mol. The van der Waals surface area contributed by atoms with Gasteiger partial charge in [-0.25, -0.2) is 0 Å². The normalized spacial score (nSPS) is 23.0. The molecule has 0 aliphatic carbocycles. The van der Waals surface area contributed by atoms with Crippen LogP contribution in [0.1, 0.15) is 149 Å². The highest BCUT2D eigenvalue weighted by molar-refractivity contribution is 5.76. The van der Waals surface area contributed by atoms with Gasteiger partial charge in [-0.15, -0.1) is 0 Å². The molecule has 0 aromatic heterocycles. The van der Waals surface area contributed by atoms with E-state index < -0.39 is 49.5 Å². The van der Waals surface area contributed by atoms with Crippen molar-refractivity contribution in [3.63, 3.8) is 0 Å². The minimum atomic E-state index is -1.57. The minimum Gasteiger partial charge on any atom is -0.394 e. The van der Waals surface area contributed by atoms with Gasteiger partial charge in [0.05, 0.1) is 25.4 Å². The lowest BCUT2D eigenvalue weighted by Gasteiger charge is -2.40. The molecule has 1 rings (SSSR count).